The molecule has 0 bridgehead atoms. The number of hydrogen-bond acceptors (Lipinski definition) is 4. The number of hydrogen-bond donors (Lipinski definition) is 1. The maximum absolute atomic E-state index is 13.9. The zero-order valence-corrected chi connectivity index (χ0v) is 16.1. The molecule has 0 radical (unpaired) electrons. The van der Waals surface area contributed by atoms with Crippen LogP contribution in [0.1, 0.15) is 10.4 Å². The van der Waals surface area contributed by atoms with Crippen LogP contribution in [-0.2, 0) is 0 Å². The van der Waals surface area contributed by atoms with Crippen LogP contribution in [-0.4, -0.2) is 26.7 Å². The minimum absolute atomic E-state index is 0.0156. The largest absolute Gasteiger partial charge is 0.497 e. The number of benzene rings is 3. The van der Waals surface area contributed by atoms with Gasteiger partial charge < -0.3 is 19.5 Å². The number of ether oxygens (including phenoxy) is 3. The highest BCUT2D eigenvalue weighted by Crippen LogP contribution is 2.34. The van der Waals surface area contributed by atoms with Gasteiger partial charge in [0.05, 0.1) is 14.2 Å². The Balaban J connectivity index is 1.91. The molecule has 5 nitrogen and oxygen atoms in total. The normalized spacial score (nSPS) is 10.6. The highest BCUT2D eigenvalue weighted by atomic mass is 19.3. The van der Waals surface area contributed by atoms with Gasteiger partial charge in [-0.05, 0) is 54.1 Å². The van der Waals surface area contributed by atoms with Gasteiger partial charge in [0.15, 0.2) is 11.6 Å². The molecule has 0 aromatic heterocycles. The molecule has 156 valence electrons. The highest BCUT2D eigenvalue weighted by Gasteiger charge is 2.15. The first-order valence-electron chi connectivity index (χ1n) is 8.79. The number of rotatable bonds is 7. The lowest BCUT2D eigenvalue weighted by Gasteiger charge is -2.14. The molecule has 3 aromatic rings. The number of nitrogens with one attached hydrogen (secondary N) is 1. The third-order valence-electron chi connectivity index (χ3n) is 4.27. The Labute approximate surface area is 171 Å². The van der Waals surface area contributed by atoms with Gasteiger partial charge in [0.2, 0.25) is 0 Å². The maximum atomic E-state index is 13.9. The highest BCUT2D eigenvalue weighted by molar-refractivity contribution is 6.04. The van der Waals surface area contributed by atoms with Gasteiger partial charge in [-0.25, -0.2) is 4.39 Å². The SMILES string of the molecule is COc1ccc(-c2cc(NC(=O)c3ccc(OC)c(F)c3)ccc2OC(F)F)cc1. The van der Waals surface area contributed by atoms with Crippen LogP contribution in [0, 0.1) is 5.82 Å². The van der Waals surface area contributed by atoms with E-state index in [1.807, 2.05) is 0 Å². The molecule has 0 aliphatic carbocycles. The molecule has 0 aliphatic heterocycles. The van der Waals surface area contributed by atoms with Crippen molar-refractivity contribution in [1.82, 2.24) is 0 Å². The Morgan fingerprint density at radius 1 is 0.900 bits per heavy atom. The second-order valence-electron chi connectivity index (χ2n) is 6.12. The van der Waals surface area contributed by atoms with E-state index >= 15 is 0 Å². The van der Waals surface area contributed by atoms with Crippen LogP contribution in [0.25, 0.3) is 11.1 Å². The zero-order valence-electron chi connectivity index (χ0n) is 16.1. The van der Waals surface area contributed by atoms with Gasteiger partial charge in [0, 0.05) is 16.8 Å². The molecular weight excluding hydrogens is 399 g/mol. The summed E-state index contributed by atoms with van der Waals surface area (Å²) in [6.07, 6.45) is 0. The number of anilines is 1. The van der Waals surface area contributed by atoms with Crippen LogP contribution in [0.5, 0.6) is 17.2 Å². The van der Waals surface area contributed by atoms with Gasteiger partial charge in [0.25, 0.3) is 5.91 Å². The van der Waals surface area contributed by atoms with E-state index in [0.29, 0.717) is 22.6 Å². The molecule has 0 atom stereocenters. The van der Waals surface area contributed by atoms with Crippen molar-refractivity contribution >= 4 is 11.6 Å². The van der Waals surface area contributed by atoms with E-state index in [2.05, 4.69) is 10.1 Å². The predicted molar refractivity (Wildman–Crippen MR) is 106 cm³/mol. The zero-order chi connectivity index (χ0) is 21.7. The molecule has 3 rings (SSSR count). The third-order valence-corrected chi connectivity index (χ3v) is 4.27. The molecule has 1 amide bonds. The fraction of sp³-hybridized carbons (Fsp3) is 0.136. The Morgan fingerprint density at radius 3 is 2.20 bits per heavy atom. The Hall–Kier alpha value is -3.68. The molecule has 0 heterocycles. The van der Waals surface area contributed by atoms with Crippen LogP contribution in [0.3, 0.4) is 0 Å². The van der Waals surface area contributed by atoms with Gasteiger partial charge in [-0.1, -0.05) is 12.1 Å². The average molecular weight is 417 g/mol. The lowest BCUT2D eigenvalue weighted by atomic mass is 10.0. The number of carbonyl (C=O) groups is 1. The van der Waals surface area contributed by atoms with E-state index in [1.54, 1.807) is 24.3 Å². The lowest BCUT2D eigenvalue weighted by molar-refractivity contribution is -0.0494. The summed E-state index contributed by atoms with van der Waals surface area (Å²) < 4.78 is 54.0. The molecule has 3 aromatic carbocycles. The molecule has 0 saturated heterocycles. The van der Waals surface area contributed by atoms with Crippen LogP contribution in [0.15, 0.2) is 60.7 Å². The van der Waals surface area contributed by atoms with Gasteiger partial charge in [0.1, 0.15) is 11.5 Å². The molecular formula is C22H18F3NO4. The van der Waals surface area contributed by atoms with E-state index in [-0.39, 0.29) is 17.1 Å². The van der Waals surface area contributed by atoms with Crippen LogP contribution >= 0.6 is 0 Å². The molecule has 0 unspecified atom stereocenters. The first kappa shape index (κ1) is 21.0. The summed E-state index contributed by atoms with van der Waals surface area (Å²) in [5.74, 6) is -0.684. The molecule has 0 fully saturated rings. The first-order valence-corrected chi connectivity index (χ1v) is 8.79. The van der Waals surface area contributed by atoms with Crippen molar-refractivity contribution in [2.75, 3.05) is 19.5 Å². The Morgan fingerprint density at radius 2 is 1.60 bits per heavy atom. The minimum atomic E-state index is -3.01. The van der Waals surface area contributed by atoms with E-state index in [4.69, 9.17) is 9.47 Å². The van der Waals surface area contributed by atoms with Gasteiger partial charge in [-0.3, -0.25) is 4.79 Å². The van der Waals surface area contributed by atoms with Gasteiger partial charge in [-0.2, -0.15) is 8.78 Å². The van der Waals surface area contributed by atoms with Crippen molar-refractivity contribution in [3.63, 3.8) is 0 Å². The second-order valence-corrected chi connectivity index (χ2v) is 6.12. The molecule has 0 saturated carbocycles. The van der Waals surface area contributed by atoms with Crippen LogP contribution in [0.4, 0.5) is 18.9 Å². The van der Waals surface area contributed by atoms with Crippen molar-refractivity contribution in [1.29, 1.82) is 0 Å². The average Bonchev–Trinajstić information content (AvgIpc) is 2.74. The van der Waals surface area contributed by atoms with Crippen molar-refractivity contribution in [2.45, 2.75) is 6.61 Å². The van der Waals surface area contributed by atoms with E-state index in [1.165, 1.54) is 44.6 Å². The number of amides is 1. The summed E-state index contributed by atoms with van der Waals surface area (Å²) >= 11 is 0. The van der Waals surface area contributed by atoms with Gasteiger partial charge in [-0.15, -0.1) is 0 Å². The van der Waals surface area contributed by atoms with Crippen LogP contribution in [0.2, 0.25) is 0 Å². The van der Waals surface area contributed by atoms with E-state index in [0.717, 1.165) is 6.07 Å². The number of halogens is 3. The summed E-state index contributed by atoms with van der Waals surface area (Å²) in [6, 6.07) is 14.7. The van der Waals surface area contributed by atoms with Gasteiger partial charge >= 0.3 is 6.61 Å². The summed E-state index contributed by atoms with van der Waals surface area (Å²) in [4.78, 5) is 12.5. The number of methoxy groups -OCH3 is 2. The number of carbonyl (C=O) groups excluding carboxylic acids is 1. The quantitative estimate of drug-likeness (QED) is 0.562. The molecule has 30 heavy (non-hydrogen) atoms. The third kappa shape index (κ3) is 4.83. The Bertz CT molecular complexity index is 1040. The second kappa shape index (κ2) is 9.21. The summed E-state index contributed by atoms with van der Waals surface area (Å²) in [6.45, 7) is -3.01. The predicted octanol–water partition coefficient (Wildman–Crippen LogP) is 5.36. The fourth-order valence-corrected chi connectivity index (χ4v) is 2.81. The smallest absolute Gasteiger partial charge is 0.387 e. The fourth-order valence-electron chi connectivity index (χ4n) is 2.81. The topological polar surface area (TPSA) is 56.8 Å². The first-order chi connectivity index (χ1) is 14.4. The molecule has 0 aliphatic rings. The number of alkyl halides is 2. The van der Waals surface area contributed by atoms with Crippen LogP contribution < -0.4 is 19.5 Å². The summed E-state index contributed by atoms with van der Waals surface area (Å²) in [5, 5.41) is 2.62. The lowest BCUT2D eigenvalue weighted by Crippen LogP contribution is -2.12. The molecule has 8 heteroatoms. The standard InChI is InChI=1S/C22H18F3NO4/c1-28-16-7-3-13(4-8-16)17-12-15(6-10-19(17)30-22(24)25)26-21(27)14-5-9-20(29-2)18(23)11-14/h3-12,22H,1-2H3,(H,26,27). The molecule has 0 spiro atoms. The van der Waals surface area contributed by atoms with Crippen molar-refractivity contribution in [2.24, 2.45) is 0 Å². The van der Waals surface area contributed by atoms with Crippen molar-refractivity contribution in [3.8, 4) is 28.4 Å². The maximum Gasteiger partial charge on any atom is 0.387 e. The van der Waals surface area contributed by atoms with Crippen molar-refractivity contribution in [3.05, 3.63) is 72.0 Å². The van der Waals surface area contributed by atoms with Crippen molar-refractivity contribution < 1.29 is 32.2 Å². The van der Waals surface area contributed by atoms with E-state index in [9.17, 15) is 18.0 Å². The minimum Gasteiger partial charge on any atom is -0.497 e. The summed E-state index contributed by atoms with van der Waals surface area (Å²) in [7, 11) is 2.83. The Kier molecular flexibility index (Phi) is 6.46. The van der Waals surface area contributed by atoms with E-state index < -0.39 is 18.3 Å². The monoisotopic (exact) mass is 417 g/mol. The molecule has 1 N–H and O–H groups in total. The summed E-state index contributed by atoms with van der Waals surface area (Å²) in [5.41, 5.74) is 1.32.